The van der Waals surface area contributed by atoms with E-state index in [1.165, 1.54) is 10.4 Å². The van der Waals surface area contributed by atoms with Gasteiger partial charge in [0.15, 0.2) is 0 Å². The maximum atomic E-state index is 12.7. The largest absolute Gasteiger partial charge is 0.508 e. The highest BCUT2D eigenvalue weighted by Gasteiger charge is 2.33. The summed E-state index contributed by atoms with van der Waals surface area (Å²) in [7, 11) is 0. The van der Waals surface area contributed by atoms with Crippen LogP contribution < -0.4 is 10.6 Å². The van der Waals surface area contributed by atoms with E-state index in [0.29, 0.717) is 5.56 Å². The number of hydrogen-bond acceptors (Lipinski definition) is 5. The first kappa shape index (κ1) is 15.9. The Labute approximate surface area is 152 Å². The average molecular weight is 408 g/mol. The standard InChI is InChI=1S/C17H18BrN3O2S/c1-2-21-6-5-10-13(8-21)24-17-14(10)16(23)19-15(20-17)11-7-9(18)3-4-12(11)22/h3-4,7,15,20,22H,2,5-6,8H2,1H3,(H,19,23)/t15-/m0/s1. The lowest BCUT2D eigenvalue weighted by Gasteiger charge is -2.28. The molecular weight excluding hydrogens is 390 g/mol. The predicted molar refractivity (Wildman–Crippen MR) is 98.6 cm³/mol. The molecule has 2 aliphatic rings. The number of phenols is 1. The summed E-state index contributed by atoms with van der Waals surface area (Å²) < 4.78 is 0.862. The van der Waals surface area contributed by atoms with Crippen LogP contribution in [0.2, 0.25) is 0 Å². The van der Waals surface area contributed by atoms with Gasteiger partial charge in [0.05, 0.1) is 5.56 Å². The first-order chi connectivity index (χ1) is 11.6. The number of rotatable bonds is 2. The summed E-state index contributed by atoms with van der Waals surface area (Å²) in [4.78, 5) is 16.4. The van der Waals surface area contributed by atoms with Gasteiger partial charge in [-0.25, -0.2) is 0 Å². The van der Waals surface area contributed by atoms with Gasteiger partial charge >= 0.3 is 0 Å². The summed E-state index contributed by atoms with van der Waals surface area (Å²) in [5.41, 5.74) is 2.63. The van der Waals surface area contributed by atoms with Crippen LogP contribution in [-0.2, 0) is 13.0 Å². The van der Waals surface area contributed by atoms with Crippen LogP contribution in [0.3, 0.4) is 0 Å². The molecule has 1 amide bonds. The van der Waals surface area contributed by atoms with Crippen LogP contribution in [0.15, 0.2) is 22.7 Å². The Kier molecular flexibility index (Phi) is 4.02. The third-order valence-corrected chi connectivity index (χ3v) is 6.30. The number of benzene rings is 1. The second-order valence-corrected chi connectivity index (χ2v) is 8.10. The maximum absolute atomic E-state index is 12.7. The Balaban J connectivity index is 1.70. The molecule has 0 bridgehead atoms. The molecule has 0 fully saturated rings. The Morgan fingerprint density at radius 3 is 3.04 bits per heavy atom. The molecule has 0 radical (unpaired) electrons. The van der Waals surface area contributed by atoms with Crippen molar-refractivity contribution in [1.82, 2.24) is 10.2 Å². The highest BCUT2D eigenvalue weighted by molar-refractivity contribution is 9.10. The fourth-order valence-electron chi connectivity index (χ4n) is 3.35. The number of carbonyl (C=O) groups excluding carboxylic acids is 1. The second kappa shape index (κ2) is 6.06. The molecule has 3 heterocycles. The van der Waals surface area contributed by atoms with Crippen molar-refractivity contribution in [1.29, 1.82) is 0 Å². The normalized spacial score (nSPS) is 20.1. The Morgan fingerprint density at radius 1 is 1.42 bits per heavy atom. The summed E-state index contributed by atoms with van der Waals surface area (Å²) in [5, 5.41) is 17.4. The number of aromatic hydroxyl groups is 1. The zero-order chi connectivity index (χ0) is 16.8. The molecule has 5 nitrogen and oxygen atoms in total. The fraction of sp³-hybridized carbons (Fsp3) is 0.353. The SMILES string of the molecule is CCN1CCc2c(sc3c2C(=O)N[C@H](c2cc(Br)ccc2O)N3)C1. The molecule has 1 aromatic carbocycles. The zero-order valence-electron chi connectivity index (χ0n) is 13.2. The average Bonchev–Trinajstić information content (AvgIpc) is 2.94. The van der Waals surface area contributed by atoms with Crippen molar-refractivity contribution in [3.8, 4) is 5.75 Å². The van der Waals surface area contributed by atoms with Gasteiger partial charge in [-0.3, -0.25) is 9.69 Å². The summed E-state index contributed by atoms with van der Waals surface area (Å²) in [6, 6.07) is 5.23. The number of phenolic OH excluding ortho intramolecular Hbond substituents is 1. The number of likely N-dealkylation sites (N-methyl/N-ethyl adjacent to an activating group) is 1. The quantitative estimate of drug-likeness (QED) is 0.713. The molecule has 24 heavy (non-hydrogen) atoms. The van der Waals surface area contributed by atoms with Crippen LogP contribution in [-0.4, -0.2) is 29.0 Å². The monoisotopic (exact) mass is 407 g/mol. The van der Waals surface area contributed by atoms with E-state index in [2.05, 4.69) is 38.4 Å². The van der Waals surface area contributed by atoms with Gasteiger partial charge in [-0.2, -0.15) is 0 Å². The van der Waals surface area contributed by atoms with Crippen LogP contribution in [0.4, 0.5) is 5.00 Å². The number of fused-ring (bicyclic) bond motifs is 3. The zero-order valence-corrected chi connectivity index (χ0v) is 15.6. The van der Waals surface area contributed by atoms with Gasteiger partial charge in [-0.05, 0) is 36.7 Å². The number of carbonyl (C=O) groups is 1. The van der Waals surface area contributed by atoms with Crippen LogP contribution in [0.1, 0.15) is 39.5 Å². The van der Waals surface area contributed by atoms with Gasteiger partial charge in [-0.1, -0.05) is 22.9 Å². The van der Waals surface area contributed by atoms with E-state index in [9.17, 15) is 9.90 Å². The molecule has 2 aromatic rings. The maximum Gasteiger partial charge on any atom is 0.256 e. The third-order valence-electron chi connectivity index (χ3n) is 4.66. The van der Waals surface area contributed by atoms with Crippen molar-refractivity contribution in [3.63, 3.8) is 0 Å². The molecule has 0 saturated heterocycles. The summed E-state index contributed by atoms with van der Waals surface area (Å²) in [6.45, 7) is 5.09. The van der Waals surface area contributed by atoms with Crippen molar-refractivity contribution in [3.05, 3.63) is 44.2 Å². The number of nitrogens with one attached hydrogen (secondary N) is 2. The molecule has 0 spiro atoms. The molecule has 0 aliphatic carbocycles. The summed E-state index contributed by atoms with van der Waals surface area (Å²) >= 11 is 5.08. The van der Waals surface area contributed by atoms with Gasteiger partial charge in [0.1, 0.15) is 16.9 Å². The number of halogens is 1. The highest BCUT2D eigenvalue weighted by Crippen LogP contribution is 2.41. The first-order valence-electron chi connectivity index (χ1n) is 7.99. The lowest BCUT2D eigenvalue weighted by Crippen LogP contribution is -2.38. The van der Waals surface area contributed by atoms with E-state index in [1.807, 2.05) is 6.07 Å². The van der Waals surface area contributed by atoms with E-state index in [-0.39, 0.29) is 11.7 Å². The van der Waals surface area contributed by atoms with Gasteiger partial charge in [0.25, 0.3) is 5.91 Å². The molecule has 3 N–H and O–H groups in total. The minimum atomic E-state index is -0.426. The highest BCUT2D eigenvalue weighted by atomic mass is 79.9. The molecule has 7 heteroatoms. The predicted octanol–water partition coefficient (Wildman–Crippen LogP) is 3.45. The molecule has 4 rings (SSSR count). The lowest BCUT2D eigenvalue weighted by molar-refractivity contribution is 0.0934. The number of amides is 1. The van der Waals surface area contributed by atoms with E-state index >= 15 is 0 Å². The number of thiophene rings is 1. The van der Waals surface area contributed by atoms with E-state index in [1.54, 1.807) is 23.5 Å². The van der Waals surface area contributed by atoms with Gasteiger partial charge in [0, 0.05) is 28.0 Å². The minimum absolute atomic E-state index is 0.0597. The minimum Gasteiger partial charge on any atom is -0.508 e. The molecule has 2 aliphatic heterocycles. The van der Waals surface area contributed by atoms with Crippen molar-refractivity contribution >= 4 is 38.2 Å². The van der Waals surface area contributed by atoms with Gasteiger partial charge < -0.3 is 15.7 Å². The van der Waals surface area contributed by atoms with Crippen LogP contribution in [0.5, 0.6) is 5.75 Å². The first-order valence-corrected chi connectivity index (χ1v) is 9.60. The number of nitrogens with zero attached hydrogens (tertiary/aromatic N) is 1. The summed E-state index contributed by atoms with van der Waals surface area (Å²) in [5.74, 6) is 0.105. The molecule has 126 valence electrons. The molecule has 0 unspecified atom stereocenters. The number of hydrogen-bond donors (Lipinski definition) is 3. The fourth-order valence-corrected chi connectivity index (χ4v) is 5.05. The number of anilines is 1. The van der Waals surface area contributed by atoms with Crippen molar-refractivity contribution < 1.29 is 9.90 Å². The second-order valence-electron chi connectivity index (χ2n) is 6.08. The van der Waals surface area contributed by atoms with E-state index < -0.39 is 6.17 Å². The van der Waals surface area contributed by atoms with Crippen LogP contribution in [0.25, 0.3) is 0 Å². The molecule has 1 atom stereocenters. The molecule has 1 aromatic heterocycles. The topological polar surface area (TPSA) is 64.6 Å². The Hall–Kier alpha value is -1.57. The molecular formula is C17H18BrN3O2S. The van der Waals surface area contributed by atoms with Gasteiger partial charge in [0.2, 0.25) is 0 Å². The van der Waals surface area contributed by atoms with Gasteiger partial charge in [-0.15, -0.1) is 11.3 Å². The third kappa shape index (κ3) is 2.60. The van der Waals surface area contributed by atoms with Crippen LogP contribution >= 0.6 is 27.3 Å². The van der Waals surface area contributed by atoms with Crippen molar-refractivity contribution in [2.75, 3.05) is 18.4 Å². The lowest BCUT2D eigenvalue weighted by atomic mass is 10.00. The van der Waals surface area contributed by atoms with Crippen molar-refractivity contribution in [2.24, 2.45) is 0 Å². The van der Waals surface area contributed by atoms with Crippen LogP contribution in [0, 0.1) is 0 Å². The van der Waals surface area contributed by atoms with E-state index in [0.717, 1.165) is 41.1 Å². The molecule has 0 saturated carbocycles. The summed E-state index contributed by atoms with van der Waals surface area (Å²) in [6.07, 6.45) is 0.488. The van der Waals surface area contributed by atoms with Crippen molar-refractivity contribution in [2.45, 2.75) is 26.1 Å². The smallest absolute Gasteiger partial charge is 0.256 e. The Bertz CT molecular complexity index is 820. The van der Waals surface area contributed by atoms with E-state index in [4.69, 9.17) is 0 Å². The Morgan fingerprint density at radius 2 is 2.25 bits per heavy atom.